The van der Waals surface area contributed by atoms with Gasteiger partial charge in [0.15, 0.2) is 11.5 Å². The molecular formula is C17H26N2O5. The number of carbonyl (C=O) groups excluding carboxylic acids is 2. The maximum atomic E-state index is 11.8. The summed E-state index contributed by atoms with van der Waals surface area (Å²) in [5, 5.41) is 0. The standard InChI is InChI=1S/C17H26N2O5/c1-11(2)8-16(21)19-18-15(20)7-6-12-9-13(22-3)17(24-5)14(10-12)23-4/h9-11H,6-8H2,1-5H3,(H,18,20)(H,19,21). The highest BCUT2D eigenvalue weighted by molar-refractivity contribution is 5.82. The Kier molecular flexibility index (Phi) is 7.88. The number of hydrazine groups is 1. The fourth-order valence-corrected chi connectivity index (χ4v) is 2.16. The van der Waals surface area contributed by atoms with Crippen LogP contribution >= 0.6 is 0 Å². The SMILES string of the molecule is COc1cc(CCC(=O)NNC(=O)CC(C)C)cc(OC)c1OC. The molecule has 2 amide bonds. The van der Waals surface area contributed by atoms with Crippen LogP contribution in [-0.4, -0.2) is 33.1 Å². The number of carbonyl (C=O) groups is 2. The van der Waals surface area contributed by atoms with E-state index in [2.05, 4.69) is 10.9 Å². The Morgan fingerprint density at radius 1 is 0.958 bits per heavy atom. The van der Waals surface area contributed by atoms with Crippen molar-refractivity contribution >= 4 is 11.8 Å². The first-order valence-corrected chi connectivity index (χ1v) is 7.77. The molecule has 0 heterocycles. The first-order chi connectivity index (χ1) is 11.4. The Morgan fingerprint density at radius 3 is 1.96 bits per heavy atom. The Labute approximate surface area is 142 Å². The summed E-state index contributed by atoms with van der Waals surface area (Å²) in [6.07, 6.45) is 1.07. The van der Waals surface area contributed by atoms with E-state index in [4.69, 9.17) is 14.2 Å². The Balaban J connectivity index is 2.60. The molecule has 0 spiro atoms. The van der Waals surface area contributed by atoms with Crippen molar-refractivity contribution in [2.75, 3.05) is 21.3 Å². The van der Waals surface area contributed by atoms with Crippen LogP contribution in [0.5, 0.6) is 17.2 Å². The maximum Gasteiger partial charge on any atom is 0.238 e. The molecule has 2 N–H and O–H groups in total. The van der Waals surface area contributed by atoms with Crippen LogP contribution in [0, 0.1) is 5.92 Å². The number of aryl methyl sites for hydroxylation is 1. The van der Waals surface area contributed by atoms with Gasteiger partial charge in [-0.15, -0.1) is 0 Å². The fourth-order valence-electron chi connectivity index (χ4n) is 2.16. The van der Waals surface area contributed by atoms with Crippen molar-refractivity contribution < 1.29 is 23.8 Å². The van der Waals surface area contributed by atoms with Gasteiger partial charge in [-0.25, -0.2) is 0 Å². The van der Waals surface area contributed by atoms with E-state index in [9.17, 15) is 9.59 Å². The molecule has 24 heavy (non-hydrogen) atoms. The van der Waals surface area contributed by atoms with Crippen molar-refractivity contribution in [1.29, 1.82) is 0 Å². The van der Waals surface area contributed by atoms with E-state index in [0.29, 0.717) is 30.1 Å². The number of rotatable bonds is 8. The molecule has 134 valence electrons. The molecule has 0 aromatic heterocycles. The summed E-state index contributed by atoms with van der Waals surface area (Å²) < 4.78 is 15.8. The van der Waals surface area contributed by atoms with Crippen molar-refractivity contribution in [3.8, 4) is 17.2 Å². The smallest absolute Gasteiger partial charge is 0.238 e. The third-order valence-corrected chi connectivity index (χ3v) is 3.30. The predicted molar refractivity (Wildman–Crippen MR) is 90.2 cm³/mol. The lowest BCUT2D eigenvalue weighted by atomic mass is 10.1. The zero-order valence-electron chi connectivity index (χ0n) is 14.9. The number of ether oxygens (including phenoxy) is 3. The second-order valence-electron chi connectivity index (χ2n) is 5.73. The van der Waals surface area contributed by atoms with Gasteiger partial charge < -0.3 is 14.2 Å². The van der Waals surface area contributed by atoms with Gasteiger partial charge in [0.1, 0.15) is 0 Å². The molecule has 0 aliphatic rings. The van der Waals surface area contributed by atoms with Gasteiger partial charge in [0.25, 0.3) is 0 Å². The monoisotopic (exact) mass is 338 g/mol. The summed E-state index contributed by atoms with van der Waals surface area (Å²) in [5.74, 6) is 1.36. The van der Waals surface area contributed by atoms with Gasteiger partial charge in [-0.2, -0.15) is 0 Å². The van der Waals surface area contributed by atoms with Gasteiger partial charge in [-0.1, -0.05) is 13.8 Å². The van der Waals surface area contributed by atoms with E-state index >= 15 is 0 Å². The predicted octanol–water partition coefficient (Wildman–Crippen LogP) is 1.84. The zero-order chi connectivity index (χ0) is 18.1. The molecule has 0 aliphatic heterocycles. The highest BCUT2D eigenvalue weighted by Gasteiger charge is 2.14. The van der Waals surface area contributed by atoms with Gasteiger partial charge >= 0.3 is 0 Å². The molecule has 0 fully saturated rings. The Hall–Kier alpha value is -2.44. The minimum atomic E-state index is -0.263. The third-order valence-electron chi connectivity index (χ3n) is 3.30. The quantitative estimate of drug-likeness (QED) is 0.707. The number of amides is 2. The first-order valence-electron chi connectivity index (χ1n) is 7.77. The Bertz CT molecular complexity index is 547. The first kappa shape index (κ1) is 19.6. The highest BCUT2D eigenvalue weighted by atomic mass is 16.5. The van der Waals surface area contributed by atoms with Gasteiger partial charge in [-0.05, 0) is 30.0 Å². The van der Waals surface area contributed by atoms with Gasteiger partial charge in [-0.3, -0.25) is 20.4 Å². The molecule has 1 aromatic rings. The molecule has 7 heteroatoms. The second kappa shape index (κ2) is 9.64. The molecule has 0 atom stereocenters. The molecule has 0 unspecified atom stereocenters. The van der Waals surface area contributed by atoms with Crippen LogP contribution in [-0.2, 0) is 16.0 Å². The number of hydrogen-bond donors (Lipinski definition) is 2. The third kappa shape index (κ3) is 5.98. The van der Waals surface area contributed by atoms with E-state index in [1.54, 1.807) is 12.1 Å². The summed E-state index contributed by atoms with van der Waals surface area (Å²) in [6.45, 7) is 3.87. The molecular weight excluding hydrogens is 312 g/mol. The van der Waals surface area contributed by atoms with Crippen LogP contribution in [0.4, 0.5) is 0 Å². The van der Waals surface area contributed by atoms with Crippen LogP contribution in [0.15, 0.2) is 12.1 Å². The average Bonchev–Trinajstić information content (AvgIpc) is 2.56. The summed E-state index contributed by atoms with van der Waals surface area (Å²) in [4.78, 5) is 23.3. The van der Waals surface area contributed by atoms with Crippen LogP contribution < -0.4 is 25.1 Å². The number of nitrogens with one attached hydrogen (secondary N) is 2. The van der Waals surface area contributed by atoms with E-state index < -0.39 is 0 Å². The lowest BCUT2D eigenvalue weighted by molar-refractivity contribution is -0.129. The van der Waals surface area contributed by atoms with E-state index in [1.165, 1.54) is 21.3 Å². The molecule has 0 saturated carbocycles. The number of methoxy groups -OCH3 is 3. The fraction of sp³-hybridized carbons (Fsp3) is 0.529. The van der Waals surface area contributed by atoms with Gasteiger partial charge in [0.2, 0.25) is 17.6 Å². The normalized spacial score (nSPS) is 10.2. The van der Waals surface area contributed by atoms with Crippen molar-refractivity contribution in [2.24, 2.45) is 5.92 Å². The summed E-state index contributed by atoms with van der Waals surface area (Å²) in [7, 11) is 4.61. The van der Waals surface area contributed by atoms with Gasteiger partial charge in [0.05, 0.1) is 21.3 Å². The minimum Gasteiger partial charge on any atom is -0.493 e. The zero-order valence-corrected chi connectivity index (χ0v) is 14.9. The second-order valence-corrected chi connectivity index (χ2v) is 5.73. The highest BCUT2D eigenvalue weighted by Crippen LogP contribution is 2.38. The Morgan fingerprint density at radius 2 is 1.50 bits per heavy atom. The molecule has 0 radical (unpaired) electrons. The van der Waals surface area contributed by atoms with Crippen LogP contribution in [0.1, 0.15) is 32.3 Å². The number of benzene rings is 1. The van der Waals surface area contributed by atoms with Gasteiger partial charge in [0, 0.05) is 12.8 Å². The average molecular weight is 338 g/mol. The van der Waals surface area contributed by atoms with Crippen LogP contribution in [0.2, 0.25) is 0 Å². The topological polar surface area (TPSA) is 85.9 Å². The maximum absolute atomic E-state index is 11.8. The van der Waals surface area contributed by atoms with Crippen molar-refractivity contribution in [2.45, 2.75) is 33.1 Å². The van der Waals surface area contributed by atoms with Crippen LogP contribution in [0.25, 0.3) is 0 Å². The van der Waals surface area contributed by atoms with E-state index in [0.717, 1.165) is 5.56 Å². The molecule has 7 nitrogen and oxygen atoms in total. The van der Waals surface area contributed by atoms with Crippen molar-refractivity contribution in [1.82, 2.24) is 10.9 Å². The lowest BCUT2D eigenvalue weighted by Crippen LogP contribution is -2.42. The molecule has 1 aromatic carbocycles. The summed E-state index contributed by atoms with van der Waals surface area (Å²) in [5.41, 5.74) is 5.69. The van der Waals surface area contributed by atoms with Crippen molar-refractivity contribution in [3.05, 3.63) is 17.7 Å². The van der Waals surface area contributed by atoms with Crippen LogP contribution in [0.3, 0.4) is 0 Å². The molecule has 0 aliphatic carbocycles. The molecule has 0 bridgehead atoms. The summed E-state index contributed by atoms with van der Waals surface area (Å²) in [6, 6.07) is 3.60. The minimum absolute atomic E-state index is 0.203. The number of hydrogen-bond acceptors (Lipinski definition) is 5. The summed E-state index contributed by atoms with van der Waals surface area (Å²) >= 11 is 0. The van der Waals surface area contributed by atoms with E-state index in [-0.39, 0.29) is 24.2 Å². The molecule has 1 rings (SSSR count). The lowest BCUT2D eigenvalue weighted by Gasteiger charge is -2.14. The van der Waals surface area contributed by atoms with E-state index in [1.807, 2.05) is 13.8 Å². The molecule has 0 saturated heterocycles. The largest absolute Gasteiger partial charge is 0.493 e. The van der Waals surface area contributed by atoms with Crippen molar-refractivity contribution in [3.63, 3.8) is 0 Å².